The summed E-state index contributed by atoms with van der Waals surface area (Å²) in [6, 6.07) is 13.2. The van der Waals surface area contributed by atoms with E-state index in [1.807, 2.05) is 0 Å². The normalized spacial score (nSPS) is 18.1. The SMILES string of the molecule is CC[C@@]1(c2ccccc2)NC(=O)N(NC(=O)COC(=O)Cc2ccc(F)cc2)C1=O. The number of carbonyl (C=O) groups is 4. The first-order valence-electron chi connectivity index (χ1n) is 9.27. The molecule has 8 nitrogen and oxygen atoms in total. The van der Waals surface area contributed by atoms with Crippen molar-refractivity contribution in [3.8, 4) is 0 Å². The van der Waals surface area contributed by atoms with Gasteiger partial charge in [-0.1, -0.05) is 49.4 Å². The van der Waals surface area contributed by atoms with Crippen molar-refractivity contribution in [3.63, 3.8) is 0 Å². The third-order valence-corrected chi connectivity index (χ3v) is 4.75. The number of hydrogen-bond donors (Lipinski definition) is 2. The Bertz CT molecular complexity index is 964. The predicted octanol–water partition coefficient (Wildman–Crippen LogP) is 1.80. The summed E-state index contributed by atoms with van der Waals surface area (Å²) in [6.07, 6.45) is 0.129. The highest BCUT2D eigenvalue weighted by Gasteiger charge is 2.52. The van der Waals surface area contributed by atoms with Crippen molar-refractivity contribution in [2.75, 3.05) is 6.61 Å². The lowest BCUT2D eigenvalue weighted by molar-refractivity contribution is -0.150. The molecule has 9 heteroatoms. The van der Waals surface area contributed by atoms with E-state index in [1.165, 1.54) is 24.3 Å². The summed E-state index contributed by atoms with van der Waals surface area (Å²) in [4.78, 5) is 49.2. The molecule has 0 bridgehead atoms. The van der Waals surface area contributed by atoms with Gasteiger partial charge in [-0.3, -0.25) is 19.8 Å². The van der Waals surface area contributed by atoms with Crippen LogP contribution in [0.25, 0.3) is 0 Å². The summed E-state index contributed by atoms with van der Waals surface area (Å²) >= 11 is 0. The van der Waals surface area contributed by atoms with Crippen LogP contribution < -0.4 is 10.7 Å². The summed E-state index contributed by atoms with van der Waals surface area (Å²) in [7, 11) is 0. The molecular weight excluding hydrogens is 393 g/mol. The fraction of sp³-hybridized carbons (Fsp3) is 0.238. The van der Waals surface area contributed by atoms with Crippen LogP contribution in [0.1, 0.15) is 24.5 Å². The number of ether oxygens (including phenoxy) is 1. The number of nitrogens with one attached hydrogen (secondary N) is 2. The molecule has 0 radical (unpaired) electrons. The lowest BCUT2D eigenvalue weighted by atomic mass is 9.87. The van der Waals surface area contributed by atoms with Gasteiger partial charge in [-0.15, -0.1) is 0 Å². The molecule has 156 valence electrons. The summed E-state index contributed by atoms with van der Waals surface area (Å²) < 4.78 is 17.8. The lowest BCUT2D eigenvalue weighted by Crippen LogP contribution is -2.49. The number of rotatable bonds is 7. The Morgan fingerprint density at radius 1 is 1.10 bits per heavy atom. The Kier molecular flexibility index (Phi) is 6.10. The van der Waals surface area contributed by atoms with Crippen LogP contribution in [0.5, 0.6) is 0 Å². The number of urea groups is 1. The Labute approximate surface area is 172 Å². The highest BCUT2D eigenvalue weighted by molar-refractivity contribution is 6.08. The molecule has 1 saturated heterocycles. The fourth-order valence-corrected chi connectivity index (χ4v) is 3.16. The van der Waals surface area contributed by atoms with E-state index in [9.17, 15) is 23.6 Å². The molecule has 1 heterocycles. The quantitative estimate of drug-likeness (QED) is 0.532. The number of benzene rings is 2. The third-order valence-electron chi connectivity index (χ3n) is 4.75. The number of hydrogen-bond acceptors (Lipinski definition) is 5. The van der Waals surface area contributed by atoms with Crippen LogP contribution in [0, 0.1) is 5.82 Å². The average Bonchev–Trinajstić information content (AvgIpc) is 2.99. The van der Waals surface area contributed by atoms with Gasteiger partial charge in [0.25, 0.3) is 11.8 Å². The van der Waals surface area contributed by atoms with Crippen LogP contribution in [-0.2, 0) is 31.1 Å². The molecular formula is C21H20FN3O5. The summed E-state index contributed by atoms with van der Waals surface area (Å²) in [5, 5.41) is 3.21. The summed E-state index contributed by atoms with van der Waals surface area (Å²) in [5.74, 6) is -2.61. The van der Waals surface area contributed by atoms with Crippen molar-refractivity contribution in [2.45, 2.75) is 25.3 Å². The molecule has 2 aromatic carbocycles. The van der Waals surface area contributed by atoms with Gasteiger partial charge in [0.1, 0.15) is 11.4 Å². The van der Waals surface area contributed by atoms with E-state index in [-0.39, 0.29) is 12.8 Å². The van der Waals surface area contributed by atoms with Crippen molar-refractivity contribution in [1.29, 1.82) is 0 Å². The summed E-state index contributed by atoms with van der Waals surface area (Å²) in [5.41, 5.74) is 1.99. The van der Waals surface area contributed by atoms with Crippen molar-refractivity contribution < 1.29 is 28.3 Å². The molecule has 1 aliphatic rings. The number of esters is 1. The highest BCUT2D eigenvalue weighted by Crippen LogP contribution is 2.31. The van der Waals surface area contributed by atoms with Gasteiger partial charge in [0.15, 0.2) is 6.61 Å². The maximum Gasteiger partial charge on any atom is 0.344 e. The second-order valence-corrected chi connectivity index (χ2v) is 6.69. The van der Waals surface area contributed by atoms with E-state index in [0.717, 1.165) is 0 Å². The zero-order valence-electron chi connectivity index (χ0n) is 16.2. The topological polar surface area (TPSA) is 105 Å². The van der Waals surface area contributed by atoms with Gasteiger partial charge in [-0.25, -0.2) is 9.18 Å². The molecule has 1 fully saturated rings. The summed E-state index contributed by atoms with van der Waals surface area (Å²) in [6.45, 7) is 1.06. The first-order chi connectivity index (χ1) is 14.4. The van der Waals surface area contributed by atoms with Crippen molar-refractivity contribution >= 4 is 23.8 Å². The standard InChI is InChI=1S/C21H20FN3O5/c1-2-21(15-6-4-3-5-7-15)19(28)25(20(29)23-21)24-17(26)13-30-18(27)12-14-8-10-16(22)11-9-14/h3-11H,2,12-13H2,1H3,(H,23,29)(H,24,26)/t21-/m0/s1. The van der Waals surface area contributed by atoms with Crippen LogP contribution in [-0.4, -0.2) is 35.4 Å². The molecule has 1 atom stereocenters. The largest absolute Gasteiger partial charge is 0.455 e. The van der Waals surface area contributed by atoms with Crippen LogP contribution in [0.2, 0.25) is 0 Å². The van der Waals surface area contributed by atoms with Gasteiger partial charge in [-0.05, 0) is 29.7 Å². The van der Waals surface area contributed by atoms with Crippen LogP contribution in [0.3, 0.4) is 0 Å². The van der Waals surface area contributed by atoms with Crippen LogP contribution in [0.4, 0.5) is 9.18 Å². The molecule has 30 heavy (non-hydrogen) atoms. The van der Waals surface area contributed by atoms with E-state index < -0.39 is 41.8 Å². The molecule has 2 aromatic rings. The number of nitrogens with zero attached hydrogens (tertiary/aromatic N) is 1. The van der Waals surface area contributed by atoms with E-state index >= 15 is 0 Å². The third kappa shape index (κ3) is 4.29. The Hall–Kier alpha value is -3.75. The lowest BCUT2D eigenvalue weighted by Gasteiger charge is -2.25. The number of halogens is 1. The number of imide groups is 1. The van der Waals surface area contributed by atoms with Gasteiger partial charge in [-0.2, -0.15) is 5.01 Å². The molecule has 1 aliphatic heterocycles. The highest BCUT2D eigenvalue weighted by atomic mass is 19.1. The molecule has 2 N–H and O–H groups in total. The van der Waals surface area contributed by atoms with Gasteiger partial charge < -0.3 is 10.1 Å². The fourth-order valence-electron chi connectivity index (χ4n) is 3.16. The number of carbonyl (C=O) groups excluding carboxylic acids is 4. The zero-order chi connectivity index (χ0) is 21.7. The minimum Gasteiger partial charge on any atom is -0.455 e. The second kappa shape index (κ2) is 8.73. The molecule has 0 saturated carbocycles. The van der Waals surface area contributed by atoms with E-state index in [2.05, 4.69) is 10.7 Å². The van der Waals surface area contributed by atoms with E-state index in [0.29, 0.717) is 16.1 Å². The number of hydrazine groups is 1. The monoisotopic (exact) mass is 413 g/mol. The Morgan fingerprint density at radius 3 is 2.40 bits per heavy atom. The Morgan fingerprint density at radius 2 is 1.77 bits per heavy atom. The Balaban J connectivity index is 1.58. The van der Waals surface area contributed by atoms with Crippen LogP contribution in [0.15, 0.2) is 54.6 Å². The van der Waals surface area contributed by atoms with Gasteiger partial charge >= 0.3 is 12.0 Å². The predicted molar refractivity (Wildman–Crippen MR) is 103 cm³/mol. The van der Waals surface area contributed by atoms with Gasteiger partial charge in [0, 0.05) is 0 Å². The molecule has 3 rings (SSSR count). The molecule has 0 spiro atoms. The smallest absolute Gasteiger partial charge is 0.344 e. The van der Waals surface area contributed by atoms with Crippen molar-refractivity contribution in [2.24, 2.45) is 0 Å². The van der Waals surface area contributed by atoms with Crippen molar-refractivity contribution in [3.05, 3.63) is 71.5 Å². The maximum atomic E-state index is 12.9. The van der Waals surface area contributed by atoms with Crippen molar-refractivity contribution in [1.82, 2.24) is 15.8 Å². The molecule has 0 aromatic heterocycles. The molecule has 0 unspecified atom stereocenters. The molecule has 4 amide bonds. The maximum absolute atomic E-state index is 12.9. The van der Waals surface area contributed by atoms with Crippen LogP contribution >= 0.6 is 0 Å². The minimum atomic E-state index is -1.29. The second-order valence-electron chi connectivity index (χ2n) is 6.69. The zero-order valence-corrected chi connectivity index (χ0v) is 16.2. The first-order valence-corrected chi connectivity index (χ1v) is 9.27. The minimum absolute atomic E-state index is 0.149. The van der Waals surface area contributed by atoms with E-state index in [4.69, 9.17) is 4.74 Å². The van der Waals surface area contributed by atoms with Gasteiger partial charge in [0.05, 0.1) is 6.42 Å². The van der Waals surface area contributed by atoms with Gasteiger partial charge in [0.2, 0.25) is 0 Å². The average molecular weight is 413 g/mol. The first kappa shape index (κ1) is 21.0. The number of amides is 4. The van der Waals surface area contributed by atoms with E-state index in [1.54, 1.807) is 37.3 Å². The molecule has 0 aliphatic carbocycles.